The van der Waals surface area contributed by atoms with E-state index in [0.717, 1.165) is 5.56 Å². The minimum atomic E-state index is -2.78. The Balaban J connectivity index is 1.69. The van der Waals surface area contributed by atoms with Crippen LogP contribution in [0.3, 0.4) is 0 Å². The molecule has 1 aromatic carbocycles. The molecule has 164 valence electrons. The van der Waals surface area contributed by atoms with Crippen LogP contribution >= 0.6 is 0 Å². The molecule has 0 unspecified atom stereocenters. The molecular formula is C20H23F2N7O2. The lowest BCUT2D eigenvalue weighted by Gasteiger charge is -2.30. The van der Waals surface area contributed by atoms with Crippen molar-refractivity contribution in [2.75, 3.05) is 62.4 Å². The molecule has 0 aliphatic carbocycles. The Morgan fingerprint density at radius 3 is 1.90 bits per heavy atom. The lowest BCUT2D eigenvalue weighted by molar-refractivity contribution is 0.121. The predicted molar refractivity (Wildman–Crippen MR) is 110 cm³/mol. The first kappa shape index (κ1) is 20.0. The molecule has 2 aromatic heterocycles. The zero-order valence-electron chi connectivity index (χ0n) is 17.2. The first-order valence-corrected chi connectivity index (χ1v) is 10.3. The van der Waals surface area contributed by atoms with Crippen molar-refractivity contribution in [3.63, 3.8) is 0 Å². The summed E-state index contributed by atoms with van der Waals surface area (Å²) in [4.78, 5) is 22.1. The summed E-state index contributed by atoms with van der Waals surface area (Å²) >= 11 is 0. The van der Waals surface area contributed by atoms with Gasteiger partial charge in [0, 0.05) is 26.2 Å². The fourth-order valence-corrected chi connectivity index (χ4v) is 3.87. The molecule has 0 saturated carbocycles. The van der Waals surface area contributed by atoms with Gasteiger partial charge in [-0.2, -0.15) is 15.0 Å². The van der Waals surface area contributed by atoms with Crippen LogP contribution in [0.4, 0.5) is 20.7 Å². The molecule has 11 heteroatoms. The molecule has 4 heterocycles. The van der Waals surface area contributed by atoms with Gasteiger partial charge in [-0.05, 0) is 18.6 Å². The zero-order chi connectivity index (χ0) is 21.4. The summed E-state index contributed by atoms with van der Waals surface area (Å²) in [6.07, 6.45) is -2.78. The average Bonchev–Trinajstić information content (AvgIpc) is 3.21. The largest absolute Gasteiger partial charge is 0.378 e. The molecule has 0 radical (unpaired) electrons. The molecule has 0 bridgehead atoms. The Morgan fingerprint density at radius 1 is 0.806 bits per heavy atom. The van der Waals surface area contributed by atoms with E-state index in [2.05, 4.69) is 19.9 Å². The number of imidazole rings is 1. The smallest absolute Gasteiger partial charge is 0.296 e. The SMILES string of the molecule is Cc1cccc2c1nc(C(F)F)n2-c1nc(N2CCOCC2)nc(N2CCOCC2)n1. The summed E-state index contributed by atoms with van der Waals surface area (Å²) in [7, 11) is 0. The van der Waals surface area contributed by atoms with Crippen molar-refractivity contribution < 1.29 is 18.3 Å². The van der Waals surface area contributed by atoms with Crippen LogP contribution in [0, 0.1) is 6.92 Å². The van der Waals surface area contributed by atoms with Crippen LogP contribution in [0.25, 0.3) is 17.0 Å². The van der Waals surface area contributed by atoms with E-state index >= 15 is 0 Å². The Hall–Kier alpha value is -2.92. The van der Waals surface area contributed by atoms with Crippen molar-refractivity contribution in [1.82, 2.24) is 24.5 Å². The van der Waals surface area contributed by atoms with E-state index in [9.17, 15) is 8.78 Å². The monoisotopic (exact) mass is 431 g/mol. The zero-order valence-corrected chi connectivity index (χ0v) is 17.2. The summed E-state index contributed by atoms with van der Waals surface area (Å²) in [5.74, 6) is 0.659. The number of alkyl halides is 2. The highest BCUT2D eigenvalue weighted by atomic mass is 19.3. The van der Waals surface area contributed by atoms with Crippen molar-refractivity contribution in [3.8, 4) is 5.95 Å². The number of para-hydroxylation sites is 1. The van der Waals surface area contributed by atoms with E-state index in [-0.39, 0.29) is 11.8 Å². The quantitative estimate of drug-likeness (QED) is 0.622. The summed E-state index contributed by atoms with van der Waals surface area (Å²) in [6, 6.07) is 5.42. The molecule has 3 aromatic rings. The molecular weight excluding hydrogens is 408 g/mol. The van der Waals surface area contributed by atoms with Gasteiger partial charge in [0.2, 0.25) is 17.8 Å². The third-order valence-corrected chi connectivity index (χ3v) is 5.50. The number of aromatic nitrogens is 5. The summed E-state index contributed by atoms with van der Waals surface area (Å²) in [6.45, 7) is 6.57. The number of benzene rings is 1. The molecule has 0 atom stereocenters. The van der Waals surface area contributed by atoms with Crippen molar-refractivity contribution in [1.29, 1.82) is 0 Å². The summed E-state index contributed by atoms with van der Waals surface area (Å²) in [5, 5.41) is 0. The van der Waals surface area contributed by atoms with Crippen LogP contribution in [0.5, 0.6) is 0 Å². The van der Waals surface area contributed by atoms with Gasteiger partial charge < -0.3 is 19.3 Å². The maximum atomic E-state index is 14.0. The van der Waals surface area contributed by atoms with Crippen LogP contribution in [0.2, 0.25) is 0 Å². The fourth-order valence-electron chi connectivity index (χ4n) is 3.87. The molecule has 9 nitrogen and oxygen atoms in total. The van der Waals surface area contributed by atoms with Crippen LogP contribution < -0.4 is 9.80 Å². The standard InChI is InChI=1S/C20H23F2N7O2/c1-13-3-2-4-14-15(13)23-17(16(21)22)29(14)20-25-18(27-5-9-30-10-6-27)24-19(26-20)28-7-11-31-12-8-28/h2-4,16H,5-12H2,1H3. The molecule has 2 saturated heterocycles. The van der Waals surface area contributed by atoms with E-state index in [1.807, 2.05) is 28.9 Å². The number of fused-ring (bicyclic) bond motifs is 1. The first-order valence-electron chi connectivity index (χ1n) is 10.3. The van der Waals surface area contributed by atoms with Gasteiger partial charge in [0.05, 0.1) is 37.5 Å². The maximum absolute atomic E-state index is 14.0. The highest BCUT2D eigenvalue weighted by Crippen LogP contribution is 2.29. The van der Waals surface area contributed by atoms with Crippen LogP contribution in [-0.4, -0.2) is 77.1 Å². The third-order valence-electron chi connectivity index (χ3n) is 5.50. The summed E-state index contributed by atoms with van der Waals surface area (Å²) < 4.78 is 40.2. The second-order valence-corrected chi connectivity index (χ2v) is 7.48. The second kappa shape index (κ2) is 8.31. The first-order chi connectivity index (χ1) is 15.1. The molecule has 0 spiro atoms. The van der Waals surface area contributed by atoms with Gasteiger partial charge in [0.15, 0.2) is 5.82 Å². The average molecular weight is 431 g/mol. The van der Waals surface area contributed by atoms with Crippen molar-refractivity contribution in [2.24, 2.45) is 0 Å². The molecule has 5 rings (SSSR count). The lowest BCUT2D eigenvalue weighted by Crippen LogP contribution is -2.40. The van der Waals surface area contributed by atoms with E-state index in [1.54, 1.807) is 6.07 Å². The van der Waals surface area contributed by atoms with Gasteiger partial charge in [0.1, 0.15) is 0 Å². The van der Waals surface area contributed by atoms with Gasteiger partial charge in [0.25, 0.3) is 6.43 Å². The van der Waals surface area contributed by atoms with Crippen LogP contribution in [0.15, 0.2) is 18.2 Å². The number of hydrogen-bond acceptors (Lipinski definition) is 8. The van der Waals surface area contributed by atoms with E-state index in [1.165, 1.54) is 4.57 Å². The number of aryl methyl sites for hydroxylation is 1. The minimum absolute atomic E-state index is 0.140. The van der Waals surface area contributed by atoms with E-state index in [0.29, 0.717) is 75.5 Å². The third kappa shape index (κ3) is 3.79. The molecule has 2 aliphatic rings. The lowest BCUT2D eigenvalue weighted by atomic mass is 10.2. The number of ether oxygens (including phenoxy) is 2. The molecule has 0 amide bonds. The number of hydrogen-bond donors (Lipinski definition) is 0. The minimum Gasteiger partial charge on any atom is -0.378 e. The molecule has 2 fully saturated rings. The predicted octanol–water partition coefficient (Wildman–Crippen LogP) is 2.13. The molecule has 31 heavy (non-hydrogen) atoms. The van der Waals surface area contributed by atoms with Crippen LogP contribution in [-0.2, 0) is 9.47 Å². The van der Waals surface area contributed by atoms with Gasteiger partial charge in [-0.15, -0.1) is 0 Å². The number of morpholine rings is 2. The normalized spacial score (nSPS) is 17.7. The molecule has 0 N–H and O–H groups in total. The topological polar surface area (TPSA) is 81.4 Å². The van der Waals surface area contributed by atoms with Crippen LogP contribution in [0.1, 0.15) is 17.8 Å². The van der Waals surface area contributed by atoms with Gasteiger partial charge in [-0.3, -0.25) is 4.57 Å². The number of nitrogens with zero attached hydrogens (tertiary/aromatic N) is 7. The second-order valence-electron chi connectivity index (χ2n) is 7.48. The number of halogens is 2. The van der Waals surface area contributed by atoms with Crippen molar-refractivity contribution >= 4 is 22.9 Å². The fraction of sp³-hybridized carbons (Fsp3) is 0.500. The Morgan fingerprint density at radius 2 is 1.35 bits per heavy atom. The van der Waals surface area contributed by atoms with Gasteiger partial charge in [-0.25, -0.2) is 13.8 Å². The van der Waals surface area contributed by atoms with E-state index in [4.69, 9.17) is 9.47 Å². The van der Waals surface area contributed by atoms with Gasteiger partial charge >= 0.3 is 0 Å². The van der Waals surface area contributed by atoms with E-state index < -0.39 is 6.43 Å². The highest BCUT2D eigenvalue weighted by molar-refractivity contribution is 5.81. The Labute approximate surface area is 177 Å². The van der Waals surface area contributed by atoms with Gasteiger partial charge in [-0.1, -0.05) is 12.1 Å². The molecule has 2 aliphatic heterocycles. The highest BCUT2D eigenvalue weighted by Gasteiger charge is 2.26. The maximum Gasteiger partial charge on any atom is 0.296 e. The Bertz CT molecular complexity index is 1040. The number of rotatable bonds is 4. The number of anilines is 2. The Kier molecular flexibility index (Phi) is 5.36. The summed E-state index contributed by atoms with van der Waals surface area (Å²) in [5.41, 5.74) is 1.87. The van der Waals surface area contributed by atoms with Crippen molar-refractivity contribution in [3.05, 3.63) is 29.6 Å². The van der Waals surface area contributed by atoms with Crippen molar-refractivity contribution in [2.45, 2.75) is 13.3 Å².